The maximum absolute atomic E-state index is 15.1. The highest BCUT2D eigenvalue weighted by atomic mass is 35.5. The highest BCUT2D eigenvalue weighted by molar-refractivity contribution is 6.31. The summed E-state index contributed by atoms with van der Waals surface area (Å²) in [5.41, 5.74) is 24.6. The van der Waals surface area contributed by atoms with Crippen molar-refractivity contribution < 1.29 is 9.18 Å². The molecule has 0 aliphatic heterocycles. The zero-order chi connectivity index (χ0) is 30.4. The molecule has 0 unspecified atom stereocenters. The molecular formula is C29H35ClFN9O2. The molecule has 1 amide bonds. The number of nitrogens with two attached hydrogens (primary N) is 4. The fourth-order valence-corrected chi connectivity index (χ4v) is 4.82. The van der Waals surface area contributed by atoms with Gasteiger partial charge in [-0.05, 0) is 80.6 Å². The zero-order valence-corrected chi connectivity index (χ0v) is 24.0. The molecule has 2 aromatic heterocycles. The van der Waals surface area contributed by atoms with Crippen LogP contribution in [0.4, 0.5) is 4.39 Å². The predicted molar refractivity (Wildman–Crippen MR) is 164 cm³/mol. The number of amides is 1. The summed E-state index contributed by atoms with van der Waals surface area (Å²) in [6, 6.07) is 11.3. The summed E-state index contributed by atoms with van der Waals surface area (Å²) in [7, 11) is 0. The van der Waals surface area contributed by atoms with E-state index in [1.54, 1.807) is 48.7 Å². The van der Waals surface area contributed by atoms with Gasteiger partial charge in [-0.2, -0.15) is 4.98 Å². The van der Waals surface area contributed by atoms with Crippen LogP contribution in [0.15, 0.2) is 58.4 Å². The number of aryl methyl sites for hydroxylation is 1. The van der Waals surface area contributed by atoms with Crippen LogP contribution in [-0.2, 0) is 6.42 Å². The molecule has 0 saturated carbocycles. The molecule has 42 heavy (non-hydrogen) atoms. The standard InChI is InChI=1S/C29H35ClFN9O2/c1-16(33)3-2-4-17-11-22(25(31)23(30)12-17)24-13-19-15-40(29(42)39-26(19)38-24)21-7-5-18(6-8-21)27(41)37-20(14-32)9-10-36-28(34)35/h5-8,11-13,15-16,20H,2-4,9-10,14,32-33H2,1H3,(H,37,41)(H4,34,35,36)(H,38,39,42)/t16-,20+/m0/s1. The Hall–Kier alpha value is -4.26. The molecule has 11 nitrogen and oxygen atoms in total. The Morgan fingerprint density at radius 2 is 1.93 bits per heavy atom. The molecule has 0 radical (unpaired) electrons. The summed E-state index contributed by atoms with van der Waals surface area (Å²) < 4.78 is 16.4. The van der Waals surface area contributed by atoms with Crippen molar-refractivity contribution in [1.29, 1.82) is 0 Å². The van der Waals surface area contributed by atoms with E-state index in [-0.39, 0.29) is 35.5 Å². The summed E-state index contributed by atoms with van der Waals surface area (Å²) in [6.45, 7) is 2.50. The number of benzene rings is 2. The number of H-pyrrole nitrogens is 1. The Bertz CT molecular complexity index is 1640. The van der Waals surface area contributed by atoms with Crippen LogP contribution >= 0.6 is 11.6 Å². The second-order valence-corrected chi connectivity index (χ2v) is 10.6. The second kappa shape index (κ2) is 13.6. The van der Waals surface area contributed by atoms with Crippen molar-refractivity contribution >= 4 is 34.5 Å². The molecular weight excluding hydrogens is 561 g/mol. The number of carbonyl (C=O) groups excluding carboxylic acids is 1. The molecule has 0 spiro atoms. The number of nitrogens with one attached hydrogen (secondary N) is 2. The smallest absolute Gasteiger partial charge is 0.354 e. The minimum atomic E-state index is -0.559. The minimum absolute atomic E-state index is 0.0187. The van der Waals surface area contributed by atoms with Crippen LogP contribution in [0.3, 0.4) is 0 Å². The van der Waals surface area contributed by atoms with Gasteiger partial charge in [-0.3, -0.25) is 14.4 Å². The van der Waals surface area contributed by atoms with E-state index in [1.165, 1.54) is 4.57 Å². The Kier molecular flexibility index (Phi) is 9.94. The van der Waals surface area contributed by atoms with Crippen molar-refractivity contribution in [3.63, 3.8) is 0 Å². The number of aromatic amines is 1. The average molecular weight is 596 g/mol. The Labute approximate surface area is 247 Å². The van der Waals surface area contributed by atoms with Gasteiger partial charge in [0.15, 0.2) is 11.8 Å². The van der Waals surface area contributed by atoms with E-state index in [1.807, 2.05) is 6.92 Å². The summed E-state index contributed by atoms with van der Waals surface area (Å²) in [4.78, 5) is 36.7. The Morgan fingerprint density at radius 3 is 2.60 bits per heavy atom. The quantitative estimate of drug-likeness (QED) is 0.107. The molecule has 0 aliphatic carbocycles. The van der Waals surface area contributed by atoms with Crippen molar-refractivity contribution in [1.82, 2.24) is 19.9 Å². The monoisotopic (exact) mass is 595 g/mol. The van der Waals surface area contributed by atoms with Gasteiger partial charge in [-0.1, -0.05) is 11.6 Å². The van der Waals surface area contributed by atoms with E-state index in [9.17, 15) is 9.59 Å². The first-order valence-corrected chi connectivity index (χ1v) is 14.0. The minimum Gasteiger partial charge on any atom is -0.370 e. The van der Waals surface area contributed by atoms with Crippen molar-refractivity contribution in [3.8, 4) is 16.9 Å². The van der Waals surface area contributed by atoms with Gasteiger partial charge in [-0.15, -0.1) is 0 Å². The highest BCUT2D eigenvalue weighted by Gasteiger charge is 2.16. The SMILES string of the molecule is C[C@H](N)CCCc1cc(Cl)c(F)c(-c2cc3cn(-c4ccc(C(=O)N[C@@H](CN)CCN=C(N)N)cc4)c(=O)nc3[nH]2)c1. The molecule has 13 heteroatoms. The summed E-state index contributed by atoms with van der Waals surface area (Å²) in [6.07, 6.45) is 4.48. The number of hydrogen-bond acceptors (Lipinski definition) is 6. The lowest BCUT2D eigenvalue weighted by Gasteiger charge is -2.16. The third-order valence-electron chi connectivity index (χ3n) is 6.81. The van der Waals surface area contributed by atoms with Gasteiger partial charge in [0.2, 0.25) is 0 Å². The maximum Gasteiger partial charge on any atom is 0.354 e. The highest BCUT2D eigenvalue weighted by Crippen LogP contribution is 2.31. The van der Waals surface area contributed by atoms with E-state index in [2.05, 4.69) is 20.3 Å². The molecule has 2 heterocycles. The number of guanidine groups is 1. The van der Waals surface area contributed by atoms with E-state index < -0.39 is 11.5 Å². The Balaban J connectivity index is 1.55. The topological polar surface area (TPSA) is 196 Å². The van der Waals surface area contributed by atoms with Crippen LogP contribution in [0, 0.1) is 5.82 Å². The normalized spacial score (nSPS) is 12.7. The third kappa shape index (κ3) is 7.52. The van der Waals surface area contributed by atoms with E-state index in [0.717, 1.165) is 18.4 Å². The number of hydrogen-bond donors (Lipinski definition) is 6. The van der Waals surface area contributed by atoms with Crippen LogP contribution in [-0.4, -0.2) is 51.6 Å². The number of nitrogens with zero attached hydrogens (tertiary/aromatic N) is 3. The first kappa shape index (κ1) is 30.7. The third-order valence-corrected chi connectivity index (χ3v) is 7.09. The van der Waals surface area contributed by atoms with Crippen LogP contribution in [0.25, 0.3) is 28.0 Å². The van der Waals surface area contributed by atoms with Crippen molar-refractivity contribution in [2.75, 3.05) is 13.1 Å². The first-order chi connectivity index (χ1) is 20.0. The van der Waals surface area contributed by atoms with Crippen LogP contribution in [0.5, 0.6) is 0 Å². The lowest BCUT2D eigenvalue weighted by atomic mass is 10.0. The van der Waals surface area contributed by atoms with E-state index in [0.29, 0.717) is 52.9 Å². The maximum atomic E-state index is 15.1. The molecule has 0 fully saturated rings. The zero-order valence-electron chi connectivity index (χ0n) is 23.2. The van der Waals surface area contributed by atoms with Gasteiger partial charge in [0.1, 0.15) is 5.65 Å². The first-order valence-electron chi connectivity index (χ1n) is 13.6. The van der Waals surface area contributed by atoms with Crippen molar-refractivity contribution in [2.24, 2.45) is 27.9 Å². The lowest BCUT2D eigenvalue weighted by molar-refractivity contribution is 0.0937. The second-order valence-electron chi connectivity index (χ2n) is 10.2. The molecule has 2 atom stereocenters. The van der Waals surface area contributed by atoms with Gasteiger partial charge in [-0.25, -0.2) is 9.18 Å². The van der Waals surface area contributed by atoms with Crippen LogP contribution in [0.1, 0.15) is 42.1 Å². The number of aliphatic imine (C=N–C) groups is 1. The molecule has 0 aliphatic rings. The predicted octanol–water partition coefficient (Wildman–Crippen LogP) is 2.56. The Morgan fingerprint density at radius 1 is 1.19 bits per heavy atom. The molecule has 4 aromatic rings. The number of carbonyl (C=O) groups is 1. The molecule has 10 N–H and O–H groups in total. The number of aromatic nitrogens is 3. The molecule has 0 saturated heterocycles. The summed E-state index contributed by atoms with van der Waals surface area (Å²) in [5, 5.41) is 3.46. The van der Waals surface area contributed by atoms with Gasteiger partial charge < -0.3 is 33.2 Å². The van der Waals surface area contributed by atoms with Crippen molar-refractivity contribution in [2.45, 2.75) is 44.7 Å². The number of rotatable bonds is 12. The van der Waals surface area contributed by atoms with E-state index >= 15 is 4.39 Å². The number of halogens is 2. The van der Waals surface area contributed by atoms with Gasteiger partial charge >= 0.3 is 5.69 Å². The fourth-order valence-electron chi connectivity index (χ4n) is 4.58. The molecule has 0 bridgehead atoms. The molecule has 4 rings (SSSR count). The number of fused-ring (bicyclic) bond motifs is 1. The summed E-state index contributed by atoms with van der Waals surface area (Å²) >= 11 is 6.21. The largest absolute Gasteiger partial charge is 0.370 e. The van der Waals surface area contributed by atoms with Gasteiger partial charge in [0.05, 0.1) is 16.4 Å². The molecule has 2 aromatic carbocycles. The van der Waals surface area contributed by atoms with Gasteiger partial charge in [0.25, 0.3) is 5.91 Å². The van der Waals surface area contributed by atoms with Crippen LogP contribution in [0.2, 0.25) is 5.02 Å². The fraction of sp³-hybridized carbons (Fsp3) is 0.310. The molecule has 222 valence electrons. The van der Waals surface area contributed by atoms with Crippen LogP contribution < -0.4 is 33.9 Å². The van der Waals surface area contributed by atoms with Crippen molar-refractivity contribution in [3.05, 3.63) is 81.1 Å². The lowest BCUT2D eigenvalue weighted by Crippen LogP contribution is -2.40. The average Bonchev–Trinajstić information content (AvgIpc) is 3.36. The summed E-state index contributed by atoms with van der Waals surface area (Å²) in [5.74, 6) is -0.907. The van der Waals surface area contributed by atoms with E-state index in [4.69, 9.17) is 34.5 Å². The van der Waals surface area contributed by atoms with Gasteiger partial charge in [0, 0.05) is 47.9 Å².